The Morgan fingerprint density at radius 1 is 1.43 bits per heavy atom. The van der Waals surface area contributed by atoms with Gasteiger partial charge < -0.3 is 4.74 Å². The van der Waals surface area contributed by atoms with E-state index in [0.29, 0.717) is 0 Å². The lowest BCUT2D eigenvalue weighted by atomic mass is 10.2. The first-order chi connectivity index (χ1) is 9.86. The number of carbonyl (C=O) groups is 1. The Bertz CT molecular complexity index is 667. The minimum Gasteiger partial charge on any atom is -0.465 e. The highest BCUT2D eigenvalue weighted by molar-refractivity contribution is 7.89. The highest BCUT2D eigenvalue weighted by atomic mass is 35.5. The summed E-state index contributed by atoms with van der Waals surface area (Å²) in [6.45, 7) is 3.13. The molecule has 0 saturated carbocycles. The van der Waals surface area contributed by atoms with Gasteiger partial charge in [-0.3, -0.25) is 4.79 Å². The Morgan fingerprint density at radius 2 is 2.10 bits per heavy atom. The molecule has 0 N–H and O–H groups in total. The van der Waals surface area contributed by atoms with Gasteiger partial charge in [0.2, 0.25) is 10.0 Å². The topological polar surface area (TPSA) is 87.5 Å². The van der Waals surface area contributed by atoms with Crippen molar-refractivity contribution < 1.29 is 17.9 Å². The van der Waals surface area contributed by atoms with Gasteiger partial charge in [0, 0.05) is 6.54 Å². The van der Waals surface area contributed by atoms with Crippen molar-refractivity contribution in [1.82, 2.24) is 4.31 Å². The van der Waals surface area contributed by atoms with E-state index in [2.05, 4.69) is 0 Å². The van der Waals surface area contributed by atoms with Gasteiger partial charge in [-0.25, -0.2) is 8.42 Å². The molecule has 114 valence electrons. The van der Waals surface area contributed by atoms with Crippen molar-refractivity contribution in [3.63, 3.8) is 0 Å². The summed E-state index contributed by atoms with van der Waals surface area (Å²) in [7, 11) is -3.93. The minimum atomic E-state index is -3.93. The highest BCUT2D eigenvalue weighted by Crippen LogP contribution is 2.25. The maximum absolute atomic E-state index is 12.5. The van der Waals surface area contributed by atoms with Crippen LogP contribution in [0.25, 0.3) is 0 Å². The maximum atomic E-state index is 12.5. The number of esters is 1. The van der Waals surface area contributed by atoms with E-state index >= 15 is 0 Å². The van der Waals surface area contributed by atoms with Gasteiger partial charge in [0.1, 0.15) is 11.4 Å². The van der Waals surface area contributed by atoms with Crippen LogP contribution in [0.15, 0.2) is 23.1 Å². The van der Waals surface area contributed by atoms with Crippen LogP contribution in [-0.4, -0.2) is 38.4 Å². The van der Waals surface area contributed by atoms with Gasteiger partial charge in [-0.2, -0.15) is 9.57 Å². The van der Waals surface area contributed by atoms with Crippen LogP contribution in [0.3, 0.4) is 0 Å². The predicted octanol–water partition coefficient (Wildman–Crippen LogP) is 1.79. The molecule has 0 bridgehead atoms. The third-order valence-corrected chi connectivity index (χ3v) is 5.05. The van der Waals surface area contributed by atoms with E-state index in [1.807, 2.05) is 6.07 Å². The molecule has 8 heteroatoms. The monoisotopic (exact) mass is 330 g/mol. The van der Waals surface area contributed by atoms with Crippen molar-refractivity contribution in [2.24, 2.45) is 0 Å². The van der Waals surface area contributed by atoms with E-state index < -0.39 is 16.0 Å². The number of carbonyl (C=O) groups excluding carboxylic acids is 1. The van der Waals surface area contributed by atoms with E-state index in [-0.39, 0.29) is 35.2 Å². The molecule has 0 unspecified atom stereocenters. The second-order valence-electron chi connectivity index (χ2n) is 3.99. The zero-order chi connectivity index (χ0) is 16.0. The van der Waals surface area contributed by atoms with Gasteiger partial charge in [-0.1, -0.05) is 18.5 Å². The SMILES string of the molecule is CCOC(=O)CN(CC)S(=O)(=O)c1ccc(C#N)cc1Cl. The fourth-order valence-corrected chi connectivity index (χ4v) is 3.55. The molecule has 0 fully saturated rings. The Balaban J connectivity index is 3.13. The van der Waals surface area contributed by atoms with E-state index in [0.717, 1.165) is 4.31 Å². The molecule has 0 aliphatic carbocycles. The summed E-state index contributed by atoms with van der Waals surface area (Å²) in [6.07, 6.45) is 0. The molecule has 1 aromatic rings. The Labute approximate surface area is 128 Å². The lowest BCUT2D eigenvalue weighted by Crippen LogP contribution is -2.36. The number of sulfonamides is 1. The first-order valence-electron chi connectivity index (χ1n) is 6.22. The Kier molecular flexibility index (Phi) is 6.15. The molecule has 0 atom stereocenters. The van der Waals surface area contributed by atoms with Crippen LogP contribution in [0.1, 0.15) is 19.4 Å². The third-order valence-electron chi connectivity index (χ3n) is 2.64. The van der Waals surface area contributed by atoms with E-state index in [1.165, 1.54) is 18.2 Å². The van der Waals surface area contributed by atoms with Crippen molar-refractivity contribution >= 4 is 27.6 Å². The van der Waals surface area contributed by atoms with Crippen LogP contribution in [0.4, 0.5) is 0 Å². The van der Waals surface area contributed by atoms with Crippen molar-refractivity contribution in [3.05, 3.63) is 28.8 Å². The zero-order valence-electron chi connectivity index (χ0n) is 11.7. The van der Waals surface area contributed by atoms with Gasteiger partial charge in [0.05, 0.1) is 23.3 Å². The summed E-state index contributed by atoms with van der Waals surface area (Å²) in [4.78, 5) is 11.3. The van der Waals surface area contributed by atoms with Crippen LogP contribution in [0, 0.1) is 11.3 Å². The number of halogens is 1. The normalized spacial score (nSPS) is 11.2. The highest BCUT2D eigenvalue weighted by Gasteiger charge is 2.27. The van der Waals surface area contributed by atoms with Crippen molar-refractivity contribution in [3.8, 4) is 6.07 Å². The molecule has 0 aromatic heterocycles. The molecule has 0 spiro atoms. The minimum absolute atomic E-state index is 0.0589. The first-order valence-corrected chi connectivity index (χ1v) is 8.04. The summed E-state index contributed by atoms with van der Waals surface area (Å²) in [5.41, 5.74) is 0.257. The number of nitrogens with zero attached hydrogens (tertiary/aromatic N) is 2. The molecule has 6 nitrogen and oxygen atoms in total. The average Bonchev–Trinajstić information content (AvgIpc) is 2.44. The fourth-order valence-electron chi connectivity index (χ4n) is 1.64. The number of benzene rings is 1. The standard InChI is InChI=1S/C13H15ClN2O4S/c1-3-16(9-13(17)20-4-2)21(18,19)12-6-5-10(8-15)7-11(12)14/h5-7H,3-4,9H2,1-2H3. The number of likely N-dealkylation sites (N-methyl/N-ethyl adjacent to an activating group) is 1. The summed E-state index contributed by atoms with van der Waals surface area (Å²) < 4.78 is 30.7. The average molecular weight is 331 g/mol. The quantitative estimate of drug-likeness (QED) is 0.742. The van der Waals surface area contributed by atoms with E-state index in [4.69, 9.17) is 21.6 Å². The van der Waals surface area contributed by atoms with Crippen molar-refractivity contribution in [2.45, 2.75) is 18.7 Å². The van der Waals surface area contributed by atoms with Crippen LogP contribution in [0.5, 0.6) is 0 Å². The molecule has 0 heterocycles. The Morgan fingerprint density at radius 3 is 2.57 bits per heavy atom. The van der Waals surface area contributed by atoms with Crippen molar-refractivity contribution in [2.75, 3.05) is 19.7 Å². The Hall–Kier alpha value is -1.62. The van der Waals surface area contributed by atoms with Crippen LogP contribution in [-0.2, 0) is 19.6 Å². The van der Waals surface area contributed by atoms with Gasteiger partial charge in [-0.05, 0) is 25.1 Å². The van der Waals surface area contributed by atoms with E-state index in [9.17, 15) is 13.2 Å². The van der Waals surface area contributed by atoms with Crippen LogP contribution < -0.4 is 0 Å². The van der Waals surface area contributed by atoms with Gasteiger partial charge in [0.25, 0.3) is 0 Å². The fraction of sp³-hybridized carbons (Fsp3) is 0.385. The molecule has 0 aliphatic heterocycles. The van der Waals surface area contributed by atoms with Gasteiger partial charge >= 0.3 is 5.97 Å². The number of rotatable bonds is 6. The second-order valence-corrected chi connectivity index (χ2v) is 6.31. The predicted molar refractivity (Wildman–Crippen MR) is 77.2 cm³/mol. The van der Waals surface area contributed by atoms with E-state index in [1.54, 1.807) is 13.8 Å². The number of hydrogen-bond donors (Lipinski definition) is 0. The maximum Gasteiger partial charge on any atom is 0.321 e. The lowest BCUT2D eigenvalue weighted by Gasteiger charge is -2.20. The summed E-state index contributed by atoms with van der Waals surface area (Å²) in [5, 5.41) is 8.70. The molecule has 0 amide bonds. The first kappa shape index (κ1) is 17.4. The number of nitriles is 1. The largest absolute Gasteiger partial charge is 0.465 e. The zero-order valence-corrected chi connectivity index (χ0v) is 13.2. The summed E-state index contributed by atoms with van der Waals surface area (Å²) in [5.74, 6) is -0.632. The second kappa shape index (κ2) is 7.41. The molecule has 1 rings (SSSR count). The summed E-state index contributed by atoms with van der Waals surface area (Å²) >= 11 is 5.92. The molecular weight excluding hydrogens is 316 g/mol. The third kappa shape index (κ3) is 4.17. The van der Waals surface area contributed by atoms with Gasteiger partial charge in [-0.15, -0.1) is 0 Å². The summed E-state index contributed by atoms with van der Waals surface area (Å²) in [6, 6.07) is 5.75. The molecule has 0 saturated heterocycles. The number of hydrogen-bond acceptors (Lipinski definition) is 5. The van der Waals surface area contributed by atoms with Crippen molar-refractivity contribution in [1.29, 1.82) is 5.26 Å². The van der Waals surface area contributed by atoms with Crippen LogP contribution >= 0.6 is 11.6 Å². The smallest absolute Gasteiger partial charge is 0.321 e. The van der Waals surface area contributed by atoms with Gasteiger partial charge in [0.15, 0.2) is 0 Å². The molecular formula is C13H15ClN2O4S. The molecule has 21 heavy (non-hydrogen) atoms. The van der Waals surface area contributed by atoms with Crippen LogP contribution in [0.2, 0.25) is 5.02 Å². The molecule has 0 radical (unpaired) electrons. The number of ether oxygens (including phenoxy) is 1. The molecule has 1 aromatic carbocycles. The molecule has 0 aliphatic rings. The lowest BCUT2D eigenvalue weighted by molar-refractivity contribution is -0.143.